The maximum atomic E-state index is 13.9. The number of amides is 1. The molecule has 0 aliphatic rings. The van der Waals surface area contributed by atoms with Crippen LogP contribution in [0.1, 0.15) is 28.4 Å². The molecule has 0 aliphatic heterocycles. The van der Waals surface area contributed by atoms with Crippen molar-refractivity contribution in [1.29, 1.82) is 0 Å². The van der Waals surface area contributed by atoms with E-state index in [0.717, 1.165) is 11.1 Å². The number of carbonyl (C=O) groups is 1. The maximum Gasteiger partial charge on any atom is 0.257 e. The molecular formula is C17H19FN2O. The van der Waals surface area contributed by atoms with Gasteiger partial charge in [-0.2, -0.15) is 0 Å². The third kappa shape index (κ3) is 3.40. The Kier molecular flexibility index (Phi) is 4.58. The standard InChI is InChI=1S/C17H19FN2O/c1-3-20(11-13-6-4-5-7-16(13)19)17(21)14-9-8-12(2)10-15(14)18/h4-10H,3,11,19H2,1-2H3. The first kappa shape index (κ1) is 15.0. The van der Waals surface area contributed by atoms with E-state index in [0.29, 0.717) is 18.8 Å². The van der Waals surface area contributed by atoms with Crippen molar-refractivity contribution in [3.05, 3.63) is 65.0 Å². The smallest absolute Gasteiger partial charge is 0.257 e. The number of rotatable bonds is 4. The van der Waals surface area contributed by atoms with Crippen LogP contribution in [-0.4, -0.2) is 17.4 Å². The number of nitrogens with zero attached hydrogens (tertiary/aromatic N) is 1. The number of nitrogen functional groups attached to an aromatic ring is 1. The molecule has 0 atom stereocenters. The third-order valence-electron chi connectivity index (χ3n) is 3.44. The van der Waals surface area contributed by atoms with Crippen molar-refractivity contribution in [2.45, 2.75) is 20.4 Å². The van der Waals surface area contributed by atoms with Crippen molar-refractivity contribution in [2.75, 3.05) is 12.3 Å². The first-order chi connectivity index (χ1) is 10.0. The lowest BCUT2D eigenvalue weighted by Gasteiger charge is -2.22. The molecule has 4 heteroatoms. The SMILES string of the molecule is CCN(Cc1ccccc1N)C(=O)c1ccc(C)cc1F. The van der Waals surface area contributed by atoms with E-state index < -0.39 is 5.82 Å². The van der Waals surface area contributed by atoms with E-state index in [1.807, 2.05) is 25.1 Å². The van der Waals surface area contributed by atoms with Crippen LogP contribution < -0.4 is 5.73 Å². The summed E-state index contributed by atoms with van der Waals surface area (Å²) in [4.78, 5) is 14.1. The Morgan fingerprint density at radius 2 is 1.95 bits per heavy atom. The molecule has 0 aliphatic carbocycles. The molecule has 0 heterocycles. The summed E-state index contributed by atoms with van der Waals surface area (Å²) in [6.07, 6.45) is 0. The Bertz CT molecular complexity index is 655. The number of nitrogens with two attached hydrogens (primary N) is 1. The predicted octanol–water partition coefficient (Wildman–Crippen LogP) is 3.38. The van der Waals surface area contributed by atoms with E-state index >= 15 is 0 Å². The minimum Gasteiger partial charge on any atom is -0.398 e. The lowest BCUT2D eigenvalue weighted by molar-refractivity contribution is 0.0748. The predicted molar refractivity (Wildman–Crippen MR) is 82.4 cm³/mol. The van der Waals surface area contributed by atoms with Crippen LogP contribution in [0.2, 0.25) is 0 Å². The minimum absolute atomic E-state index is 0.0944. The normalized spacial score (nSPS) is 10.4. The number of benzene rings is 2. The molecule has 2 aromatic carbocycles. The highest BCUT2D eigenvalue weighted by Gasteiger charge is 2.18. The highest BCUT2D eigenvalue weighted by Crippen LogP contribution is 2.17. The van der Waals surface area contributed by atoms with Crippen LogP contribution in [0.4, 0.5) is 10.1 Å². The number of hydrogen-bond acceptors (Lipinski definition) is 2. The molecule has 0 spiro atoms. The fourth-order valence-electron chi connectivity index (χ4n) is 2.17. The molecule has 21 heavy (non-hydrogen) atoms. The number of anilines is 1. The lowest BCUT2D eigenvalue weighted by atomic mass is 10.1. The van der Waals surface area contributed by atoms with Gasteiger partial charge in [-0.1, -0.05) is 24.3 Å². The number of para-hydroxylation sites is 1. The quantitative estimate of drug-likeness (QED) is 0.876. The zero-order valence-electron chi connectivity index (χ0n) is 12.3. The van der Waals surface area contributed by atoms with Gasteiger partial charge in [0.25, 0.3) is 5.91 Å². The van der Waals surface area contributed by atoms with Crippen LogP contribution in [0.5, 0.6) is 0 Å². The van der Waals surface area contributed by atoms with Crippen LogP contribution in [0.3, 0.4) is 0 Å². The van der Waals surface area contributed by atoms with Crippen molar-refractivity contribution in [1.82, 2.24) is 4.90 Å². The molecule has 0 fully saturated rings. The summed E-state index contributed by atoms with van der Waals surface area (Å²) in [5.41, 5.74) is 8.28. The summed E-state index contributed by atoms with van der Waals surface area (Å²) < 4.78 is 13.9. The fraction of sp³-hybridized carbons (Fsp3) is 0.235. The summed E-state index contributed by atoms with van der Waals surface area (Å²) in [5, 5.41) is 0. The largest absolute Gasteiger partial charge is 0.398 e. The van der Waals surface area contributed by atoms with E-state index in [9.17, 15) is 9.18 Å². The van der Waals surface area contributed by atoms with Gasteiger partial charge in [0, 0.05) is 18.8 Å². The van der Waals surface area contributed by atoms with Crippen LogP contribution in [0, 0.1) is 12.7 Å². The molecular weight excluding hydrogens is 267 g/mol. The summed E-state index contributed by atoms with van der Waals surface area (Å²) in [6, 6.07) is 12.0. The van der Waals surface area contributed by atoms with E-state index in [1.165, 1.54) is 12.1 Å². The average molecular weight is 286 g/mol. The molecule has 0 radical (unpaired) electrons. The molecule has 2 aromatic rings. The van der Waals surface area contributed by atoms with Gasteiger partial charge in [-0.25, -0.2) is 4.39 Å². The van der Waals surface area contributed by atoms with Gasteiger partial charge in [0.05, 0.1) is 5.56 Å². The van der Waals surface area contributed by atoms with Gasteiger partial charge in [-0.15, -0.1) is 0 Å². The van der Waals surface area contributed by atoms with Crippen LogP contribution >= 0.6 is 0 Å². The van der Waals surface area contributed by atoms with Crippen molar-refractivity contribution >= 4 is 11.6 Å². The van der Waals surface area contributed by atoms with Crippen molar-refractivity contribution in [3.8, 4) is 0 Å². The first-order valence-corrected chi connectivity index (χ1v) is 6.91. The number of hydrogen-bond donors (Lipinski definition) is 1. The molecule has 0 saturated carbocycles. The Morgan fingerprint density at radius 3 is 2.57 bits per heavy atom. The van der Waals surface area contributed by atoms with Gasteiger partial charge in [-0.3, -0.25) is 4.79 Å². The van der Waals surface area contributed by atoms with E-state index in [-0.39, 0.29) is 11.5 Å². The highest BCUT2D eigenvalue weighted by molar-refractivity contribution is 5.94. The Labute approximate surface area is 124 Å². The fourth-order valence-corrected chi connectivity index (χ4v) is 2.17. The second-order valence-electron chi connectivity index (χ2n) is 5.00. The minimum atomic E-state index is -0.487. The van der Waals surface area contributed by atoms with Gasteiger partial charge in [0.15, 0.2) is 0 Å². The Balaban J connectivity index is 2.25. The molecule has 3 nitrogen and oxygen atoms in total. The van der Waals surface area contributed by atoms with Crippen molar-refractivity contribution < 1.29 is 9.18 Å². The van der Waals surface area contributed by atoms with Gasteiger partial charge >= 0.3 is 0 Å². The molecule has 1 amide bonds. The van der Waals surface area contributed by atoms with E-state index in [1.54, 1.807) is 24.0 Å². The zero-order chi connectivity index (χ0) is 15.4. The third-order valence-corrected chi connectivity index (χ3v) is 3.44. The summed E-state index contributed by atoms with van der Waals surface area (Å²) in [6.45, 7) is 4.51. The molecule has 0 unspecified atom stereocenters. The van der Waals surface area contributed by atoms with Crippen LogP contribution in [0.15, 0.2) is 42.5 Å². The Hall–Kier alpha value is -2.36. The van der Waals surface area contributed by atoms with Crippen LogP contribution in [-0.2, 0) is 6.54 Å². The molecule has 0 bridgehead atoms. The molecule has 2 N–H and O–H groups in total. The van der Waals surface area contributed by atoms with Gasteiger partial charge in [-0.05, 0) is 43.2 Å². The van der Waals surface area contributed by atoms with Crippen molar-refractivity contribution in [2.24, 2.45) is 0 Å². The monoisotopic (exact) mass is 286 g/mol. The summed E-state index contributed by atoms with van der Waals surface area (Å²) >= 11 is 0. The topological polar surface area (TPSA) is 46.3 Å². The average Bonchev–Trinajstić information content (AvgIpc) is 2.46. The number of halogens is 1. The Morgan fingerprint density at radius 1 is 1.24 bits per heavy atom. The van der Waals surface area contributed by atoms with E-state index in [4.69, 9.17) is 5.73 Å². The molecule has 0 saturated heterocycles. The van der Waals surface area contributed by atoms with Crippen LogP contribution in [0.25, 0.3) is 0 Å². The zero-order valence-corrected chi connectivity index (χ0v) is 12.3. The van der Waals surface area contributed by atoms with Gasteiger partial charge < -0.3 is 10.6 Å². The first-order valence-electron chi connectivity index (χ1n) is 6.91. The summed E-state index contributed by atoms with van der Waals surface area (Å²) in [7, 11) is 0. The van der Waals surface area contributed by atoms with Crippen molar-refractivity contribution in [3.63, 3.8) is 0 Å². The molecule has 110 valence electrons. The second-order valence-corrected chi connectivity index (χ2v) is 5.00. The van der Waals surface area contributed by atoms with Gasteiger partial charge in [0.1, 0.15) is 5.82 Å². The highest BCUT2D eigenvalue weighted by atomic mass is 19.1. The number of aryl methyl sites for hydroxylation is 1. The molecule has 2 rings (SSSR count). The second kappa shape index (κ2) is 6.39. The summed E-state index contributed by atoms with van der Waals surface area (Å²) in [5.74, 6) is -0.808. The maximum absolute atomic E-state index is 13.9. The lowest BCUT2D eigenvalue weighted by Crippen LogP contribution is -2.31. The van der Waals surface area contributed by atoms with E-state index in [2.05, 4.69) is 0 Å². The van der Waals surface area contributed by atoms with Gasteiger partial charge in [0.2, 0.25) is 0 Å². The number of carbonyl (C=O) groups excluding carboxylic acids is 1. The molecule has 0 aromatic heterocycles.